The molecule has 1 unspecified atom stereocenters. The number of aryl methyl sites for hydroxylation is 1. The van der Waals surface area contributed by atoms with Crippen LogP contribution in [0.15, 0.2) is 36.9 Å². The summed E-state index contributed by atoms with van der Waals surface area (Å²) in [6.45, 7) is 10.2. The molecule has 6 nitrogen and oxygen atoms in total. The fraction of sp³-hybridized carbons (Fsp3) is 0.500. The lowest BCUT2D eigenvalue weighted by molar-refractivity contribution is -0.139. The second-order valence-corrected chi connectivity index (χ2v) is 6.97. The van der Waals surface area contributed by atoms with Gasteiger partial charge in [-0.3, -0.25) is 14.5 Å². The van der Waals surface area contributed by atoms with Gasteiger partial charge in [-0.05, 0) is 18.6 Å². The maximum atomic E-state index is 12.4. The van der Waals surface area contributed by atoms with Crippen LogP contribution >= 0.6 is 0 Å². The van der Waals surface area contributed by atoms with Gasteiger partial charge in [0.05, 0.1) is 25.2 Å². The van der Waals surface area contributed by atoms with Crippen LogP contribution in [0.2, 0.25) is 0 Å². The molecule has 26 heavy (non-hydrogen) atoms. The normalized spacial score (nSPS) is 19.5. The molecule has 0 aromatic heterocycles. The van der Waals surface area contributed by atoms with Crippen molar-refractivity contribution < 1.29 is 14.3 Å². The molecule has 1 N–H and O–H groups in total. The molecule has 0 radical (unpaired) electrons. The van der Waals surface area contributed by atoms with Gasteiger partial charge in [0.15, 0.2) is 0 Å². The average Bonchev–Trinajstić information content (AvgIpc) is 2.61. The Morgan fingerprint density at radius 3 is 2.73 bits per heavy atom. The van der Waals surface area contributed by atoms with E-state index >= 15 is 0 Å². The minimum absolute atomic E-state index is 0.0176. The van der Waals surface area contributed by atoms with Crippen molar-refractivity contribution in [2.45, 2.75) is 13.0 Å². The van der Waals surface area contributed by atoms with Crippen LogP contribution in [0.5, 0.6) is 0 Å². The smallest absolute Gasteiger partial charge is 0.246 e. The van der Waals surface area contributed by atoms with Gasteiger partial charge in [0.25, 0.3) is 0 Å². The Labute approximate surface area is 154 Å². The van der Waals surface area contributed by atoms with Gasteiger partial charge in [-0.25, -0.2) is 0 Å². The predicted octanol–water partition coefficient (Wildman–Crippen LogP) is 1.13. The summed E-state index contributed by atoms with van der Waals surface area (Å²) in [5, 5.41) is 3.09. The van der Waals surface area contributed by atoms with E-state index in [2.05, 4.69) is 48.0 Å². The van der Waals surface area contributed by atoms with Crippen molar-refractivity contribution in [3.05, 3.63) is 48.0 Å². The second-order valence-electron chi connectivity index (χ2n) is 6.97. The number of hydrogen-bond acceptors (Lipinski definition) is 4. The van der Waals surface area contributed by atoms with E-state index in [0.29, 0.717) is 19.6 Å². The second kappa shape index (κ2) is 8.47. The van der Waals surface area contributed by atoms with E-state index in [1.807, 2.05) is 0 Å². The highest BCUT2D eigenvalue weighted by atomic mass is 16.5. The number of rotatable bonds is 6. The topological polar surface area (TPSA) is 61.9 Å². The van der Waals surface area contributed by atoms with E-state index in [-0.39, 0.29) is 23.8 Å². The SMILES string of the molecule is C=CC(=O)N1CC(C(=O)NCC(c2cccc(C)c2)N2CCOCC2)C1. The third kappa shape index (κ3) is 4.31. The number of likely N-dealkylation sites (tertiary alicyclic amines) is 1. The Morgan fingerprint density at radius 1 is 1.35 bits per heavy atom. The Morgan fingerprint density at radius 2 is 2.08 bits per heavy atom. The number of carbonyl (C=O) groups excluding carboxylic acids is 2. The van der Waals surface area contributed by atoms with Gasteiger partial charge in [0.1, 0.15) is 0 Å². The van der Waals surface area contributed by atoms with Gasteiger partial charge in [0, 0.05) is 32.7 Å². The summed E-state index contributed by atoms with van der Waals surface area (Å²) < 4.78 is 5.47. The standard InChI is InChI=1S/C20H27N3O3/c1-3-19(24)23-13-17(14-23)20(25)21-12-18(22-7-9-26-10-8-22)16-6-4-5-15(2)11-16/h3-6,11,17-18H,1,7-10,12-14H2,2H3,(H,21,25). The summed E-state index contributed by atoms with van der Waals surface area (Å²) in [4.78, 5) is 28.0. The first-order valence-corrected chi connectivity index (χ1v) is 9.16. The zero-order chi connectivity index (χ0) is 18.5. The highest BCUT2D eigenvalue weighted by molar-refractivity contribution is 5.90. The maximum absolute atomic E-state index is 12.4. The fourth-order valence-corrected chi connectivity index (χ4v) is 3.52. The van der Waals surface area contributed by atoms with Crippen LogP contribution in [0.4, 0.5) is 0 Å². The molecule has 0 spiro atoms. The largest absolute Gasteiger partial charge is 0.379 e. The van der Waals surface area contributed by atoms with Crippen molar-refractivity contribution in [3.63, 3.8) is 0 Å². The van der Waals surface area contributed by atoms with E-state index in [1.54, 1.807) is 4.90 Å². The lowest BCUT2D eigenvalue weighted by atomic mass is 9.98. The molecule has 2 aliphatic heterocycles. The van der Waals surface area contributed by atoms with Crippen LogP contribution < -0.4 is 5.32 Å². The van der Waals surface area contributed by atoms with Crippen LogP contribution in [-0.2, 0) is 14.3 Å². The van der Waals surface area contributed by atoms with E-state index in [4.69, 9.17) is 4.74 Å². The minimum atomic E-state index is -0.123. The third-order valence-electron chi connectivity index (χ3n) is 5.12. The monoisotopic (exact) mass is 357 g/mol. The van der Waals surface area contributed by atoms with Crippen molar-refractivity contribution >= 4 is 11.8 Å². The van der Waals surface area contributed by atoms with Gasteiger partial charge < -0.3 is 15.0 Å². The highest BCUT2D eigenvalue weighted by Gasteiger charge is 2.35. The Bertz CT molecular complexity index is 664. The first-order valence-electron chi connectivity index (χ1n) is 9.16. The summed E-state index contributed by atoms with van der Waals surface area (Å²) in [7, 11) is 0. The van der Waals surface area contributed by atoms with E-state index in [1.165, 1.54) is 17.2 Å². The lowest BCUT2D eigenvalue weighted by Crippen LogP contribution is -2.56. The summed E-state index contributed by atoms with van der Waals surface area (Å²) >= 11 is 0. The summed E-state index contributed by atoms with van der Waals surface area (Å²) in [5.41, 5.74) is 2.42. The van der Waals surface area contributed by atoms with Crippen molar-refractivity contribution in [2.24, 2.45) is 5.92 Å². The van der Waals surface area contributed by atoms with E-state index in [9.17, 15) is 9.59 Å². The van der Waals surface area contributed by atoms with E-state index < -0.39 is 0 Å². The number of nitrogens with one attached hydrogen (secondary N) is 1. The molecule has 1 aromatic rings. The van der Waals surface area contributed by atoms with Crippen LogP contribution in [0, 0.1) is 12.8 Å². The van der Waals surface area contributed by atoms with Crippen LogP contribution in [0.3, 0.4) is 0 Å². The molecule has 1 aromatic carbocycles. The molecule has 2 heterocycles. The maximum Gasteiger partial charge on any atom is 0.246 e. The summed E-state index contributed by atoms with van der Waals surface area (Å²) in [6, 6.07) is 8.57. The Kier molecular flexibility index (Phi) is 6.06. The van der Waals surface area contributed by atoms with Crippen molar-refractivity contribution in [3.8, 4) is 0 Å². The molecule has 2 aliphatic rings. The van der Waals surface area contributed by atoms with Crippen LogP contribution in [0.1, 0.15) is 17.2 Å². The molecule has 0 aliphatic carbocycles. The number of carbonyl (C=O) groups is 2. The third-order valence-corrected chi connectivity index (χ3v) is 5.12. The van der Waals surface area contributed by atoms with Crippen LogP contribution in [0.25, 0.3) is 0 Å². The molecular formula is C20H27N3O3. The number of ether oxygens (including phenoxy) is 1. The zero-order valence-corrected chi connectivity index (χ0v) is 15.3. The molecule has 1 atom stereocenters. The molecule has 140 valence electrons. The molecule has 0 saturated carbocycles. The van der Waals surface area contributed by atoms with Gasteiger partial charge in [-0.15, -0.1) is 0 Å². The minimum Gasteiger partial charge on any atom is -0.379 e. The number of nitrogens with zero attached hydrogens (tertiary/aromatic N) is 2. The van der Waals surface area contributed by atoms with Gasteiger partial charge >= 0.3 is 0 Å². The van der Waals surface area contributed by atoms with Crippen molar-refractivity contribution in [1.29, 1.82) is 0 Å². The zero-order valence-electron chi connectivity index (χ0n) is 15.3. The molecule has 6 heteroatoms. The van der Waals surface area contributed by atoms with Gasteiger partial charge in [0.2, 0.25) is 11.8 Å². The summed E-state index contributed by atoms with van der Waals surface area (Å²) in [6.07, 6.45) is 1.29. The van der Waals surface area contributed by atoms with Gasteiger partial charge in [-0.1, -0.05) is 36.4 Å². The number of morpholine rings is 1. The first kappa shape index (κ1) is 18.6. The number of amides is 2. The predicted molar refractivity (Wildman–Crippen MR) is 99.6 cm³/mol. The Hall–Kier alpha value is -2.18. The average molecular weight is 357 g/mol. The summed E-state index contributed by atoms with van der Waals surface area (Å²) in [5.74, 6) is -0.217. The fourth-order valence-electron chi connectivity index (χ4n) is 3.52. The first-order chi connectivity index (χ1) is 12.6. The highest BCUT2D eigenvalue weighted by Crippen LogP contribution is 2.23. The quantitative estimate of drug-likeness (QED) is 0.776. The molecule has 2 fully saturated rings. The molecule has 0 bridgehead atoms. The number of benzene rings is 1. The lowest BCUT2D eigenvalue weighted by Gasteiger charge is -2.39. The molecule has 3 rings (SSSR count). The van der Waals surface area contributed by atoms with Gasteiger partial charge in [-0.2, -0.15) is 0 Å². The van der Waals surface area contributed by atoms with E-state index in [0.717, 1.165) is 26.3 Å². The number of hydrogen-bond donors (Lipinski definition) is 1. The Balaban J connectivity index is 1.60. The molecular weight excluding hydrogens is 330 g/mol. The van der Waals surface area contributed by atoms with Crippen molar-refractivity contribution in [1.82, 2.24) is 15.1 Å². The van der Waals surface area contributed by atoms with Crippen molar-refractivity contribution in [2.75, 3.05) is 45.9 Å². The molecule has 2 amide bonds. The molecule has 2 saturated heterocycles. The van der Waals surface area contributed by atoms with Crippen LogP contribution in [-0.4, -0.2) is 67.6 Å².